The van der Waals surface area contributed by atoms with Crippen LogP contribution in [0.3, 0.4) is 0 Å². The molecule has 84 valence electrons. The molecule has 4 nitrogen and oxygen atoms in total. The summed E-state index contributed by atoms with van der Waals surface area (Å²) in [7, 11) is 0. The van der Waals surface area contributed by atoms with Gasteiger partial charge in [0.2, 0.25) is 0 Å². The molecule has 0 bridgehead atoms. The number of carbonyl (C=O) groups is 1. The van der Waals surface area contributed by atoms with Crippen LogP contribution in [0.15, 0.2) is 30.5 Å². The van der Waals surface area contributed by atoms with E-state index in [9.17, 15) is 4.79 Å². The van der Waals surface area contributed by atoms with Crippen LogP contribution in [0.25, 0.3) is 10.9 Å². The minimum Gasteiger partial charge on any atom is -0.335 e. The Morgan fingerprint density at radius 3 is 2.88 bits per heavy atom. The molecule has 0 fully saturated rings. The highest BCUT2D eigenvalue weighted by Crippen LogP contribution is 2.21. The predicted molar refractivity (Wildman–Crippen MR) is 63.7 cm³/mol. The van der Waals surface area contributed by atoms with Gasteiger partial charge in [0, 0.05) is 11.7 Å². The lowest BCUT2D eigenvalue weighted by Crippen LogP contribution is -2.35. The number of hydrogen-bond donors (Lipinski definition) is 2. The van der Waals surface area contributed by atoms with Gasteiger partial charge in [0.15, 0.2) is 0 Å². The first-order chi connectivity index (χ1) is 7.63. The van der Waals surface area contributed by atoms with E-state index >= 15 is 0 Å². The van der Waals surface area contributed by atoms with E-state index in [1.165, 1.54) is 5.56 Å². The third-order valence-electron chi connectivity index (χ3n) is 2.82. The molecule has 0 aliphatic rings. The van der Waals surface area contributed by atoms with Crippen LogP contribution in [0.4, 0.5) is 0 Å². The molecular weight excluding hydrogens is 202 g/mol. The number of fused-ring (bicyclic) bond motifs is 1. The van der Waals surface area contributed by atoms with E-state index in [1.807, 2.05) is 36.7 Å². The lowest BCUT2D eigenvalue weighted by atomic mass is 10.2. The maximum absolute atomic E-state index is 11.5. The Morgan fingerprint density at radius 2 is 2.19 bits per heavy atom. The van der Waals surface area contributed by atoms with Crippen LogP contribution < -0.4 is 11.3 Å². The van der Waals surface area contributed by atoms with Gasteiger partial charge >= 0.3 is 0 Å². The number of benzene rings is 1. The zero-order valence-corrected chi connectivity index (χ0v) is 9.40. The fourth-order valence-corrected chi connectivity index (χ4v) is 1.84. The van der Waals surface area contributed by atoms with Crippen molar-refractivity contribution in [3.63, 3.8) is 0 Å². The first-order valence-electron chi connectivity index (χ1n) is 5.21. The number of aryl methyl sites for hydroxylation is 1. The molecule has 1 heterocycles. The van der Waals surface area contributed by atoms with Crippen LogP contribution in [-0.4, -0.2) is 10.5 Å². The second-order valence-electron chi connectivity index (χ2n) is 3.97. The van der Waals surface area contributed by atoms with Gasteiger partial charge in [-0.05, 0) is 36.9 Å². The number of hydrogen-bond acceptors (Lipinski definition) is 2. The predicted octanol–water partition coefficient (Wildman–Crippen LogP) is 1.50. The molecular formula is C12H15N3O. The Kier molecular flexibility index (Phi) is 2.66. The van der Waals surface area contributed by atoms with Crippen molar-refractivity contribution in [2.24, 2.45) is 5.84 Å². The van der Waals surface area contributed by atoms with E-state index in [0.29, 0.717) is 0 Å². The summed E-state index contributed by atoms with van der Waals surface area (Å²) < 4.78 is 1.92. The largest absolute Gasteiger partial charge is 0.335 e. The number of nitrogens with two attached hydrogens (primary N) is 1. The number of rotatable bonds is 2. The van der Waals surface area contributed by atoms with Gasteiger partial charge in [-0.25, -0.2) is 5.84 Å². The molecule has 1 unspecified atom stereocenters. The number of nitrogens with one attached hydrogen (secondary N) is 1. The Labute approximate surface area is 94.0 Å². The van der Waals surface area contributed by atoms with Crippen molar-refractivity contribution in [2.45, 2.75) is 19.9 Å². The van der Waals surface area contributed by atoms with Crippen LogP contribution >= 0.6 is 0 Å². The summed E-state index contributed by atoms with van der Waals surface area (Å²) in [6.07, 6.45) is 1.91. The summed E-state index contributed by atoms with van der Waals surface area (Å²) in [5.74, 6) is 4.94. The van der Waals surface area contributed by atoms with Gasteiger partial charge in [0.05, 0.1) is 0 Å². The maximum atomic E-state index is 11.5. The SMILES string of the molecule is Cc1ccc2ccn(C(C)C(=O)NN)c2c1. The van der Waals surface area contributed by atoms with Crippen molar-refractivity contribution >= 4 is 16.8 Å². The molecule has 1 aromatic heterocycles. The molecule has 16 heavy (non-hydrogen) atoms. The number of amides is 1. The van der Waals surface area contributed by atoms with E-state index in [1.54, 1.807) is 0 Å². The van der Waals surface area contributed by atoms with Crippen molar-refractivity contribution in [1.29, 1.82) is 0 Å². The molecule has 2 aromatic rings. The van der Waals surface area contributed by atoms with Gasteiger partial charge in [-0.1, -0.05) is 12.1 Å². The Morgan fingerprint density at radius 1 is 1.44 bits per heavy atom. The highest BCUT2D eigenvalue weighted by molar-refractivity contribution is 5.85. The summed E-state index contributed by atoms with van der Waals surface area (Å²) in [6, 6.07) is 7.86. The van der Waals surface area contributed by atoms with Crippen LogP contribution in [0.5, 0.6) is 0 Å². The Bertz CT molecular complexity index is 530. The minimum atomic E-state index is -0.302. The molecule has 4 heteroatoms. The van der Waals surface area contributed by atoms with Gasteiger partial charge in [-0.3, -0.25) is 10.2 Å². The third kappa shape index (κ3) is 1.67. The van der Waals surface area contributed by atoms with Crippen LogP contribution in [0.1, 0.15) is 18.5 Å². The van der Waals surface area contributed by atoms with Crippen LogP contribution in [-0.2, 0) is 4.79 Å². The van der Waals surface area contributed by atoms with Crippen molar-refractivity contribution in [3.05, 3.63) is 36.0 Å². The average Bonchev–Trinajstić information content (AvgIpc) is 2.69. The zero-order chi connectivity index (χ0) is 11.7. The summed E-state index contributed by atoms with van der Waals surface area (Å²) in [5, 5.41) is 1.13. The fraction of sp³-hybridized carbons (Fsp3) is 0.250. The monoisotopic (exact) mass is 217 g/mol. The highest BCUT2D eigenvalue weighted by Gasteiger charge is 2.14. The molecule has 1 atom stereocenters. The average molecular weight is 217 g/mol. The van der Waals surface area contributed by atoms with Crippen molar-refractivity contribution in [3.8, 4) is 0 Å². The highest BCUT2D eigenvalue weighted by atomic mass is 16.2. The van der Waals surface area contributed by atoms with Crippen LogP contribution in [0.2, 0.25) is 0 Å². The molecule has 1 aromatic carbocycles. The molecule has 0 radical (unpaired) electrons. The van der Waals surface area contributed by atoms with Gasteiger partial charge in [-0.2, -0.15) is 0 Å². The topological polar surface area (TPSA) is 60.0 Å². The first kappa shape index (κ1) is 10.7. The van der Waals surface area contributed by atoms with Gasteiger partial charge in [-0.15, -0.1) is 0 Å². The van der Waals surface area contributed by atoms with Gasteiger partial charge < -0.3 is 4.57 Å². The molecule has 0 spiro atoms. The molecule has 0 aliphatic heterocycles. The van der Waals surface area contributed by atoms with Gasteiger partial charge in [0.1, 0.15) is 6.04 Å². The summed E-state index contributed by atoms with van der Waals surface area (Å²) in [6.45, 7) is 3.86. The quantitative estimate of drug-likeness (QED) is 0.455. The minimum absolute atomic E-state index is 0.195. The second kappa shape index (κ2) is 3.98. The number of nitrogens with zero attached hydrogens (tertiary/aromatic N) is 1. The molecule has 1 amide bonds. The maximum Gasteiger partial charge on any atom is 0.256 e. The molecule has 0 saturated carbocycles. The lowest BCUT2D eigenvalue weighted by molar-refractivity contribution is -0.123. The van der Waals surface area contributed by atoms with Crippen molar-refractivity contribution in [1.82, 2.24) is 9.99 Å². The van der Waals surface area contributed by atoms with E-state index in [2.05, 4.69) is 17.6 Å². The number of hydrazine groups is 1. The fourth-order valence-electron chi connectivity index (χ4n) is 1.84. The molecule has 0 aliphatic carbocycles. The molecule has 2 rings (SSSR count). The Hall–Kier alpha value is -1.81. The van der Waals surface area contributed by atoms with E-state index < -0.39 is 0 Å². The van der Waals surface area contributed by atoms with Crippen LogP contribution in [0, 0.1) is 6.92 Å². The van der Waals surface area contributed by atoms with E-state index in [4.69, 9.17) is 5.84 Å². The summed E-state index contributed by atoms with van der Waals surface area (Å²) in [5.41, 5.74) is 4.40. The summed E-state index contributed by atoms with van der Waals surface area (Å²) >= 11 is 0. The second-order valence-corrected chi connectivity index (χ2v) is 3.97. The number of aromatic nitrogens is 1. The van der Waals surface area contributed by atoms with Crippen molar-refractivity contribution < 1.29 is 4.79 Å². The lowest BCUT2D eigenvalue weighted by Gasteiger charge is -2.13. The molecule has 0 saturated heterocycles. The molecule has 3 N–H and O–H groups in total. The smallest absolute Gasteiger partial charge is 0.256 e. The van der Waals surface area contributed by atoms with E-state index in [-0.39, 0.29) is 11.9 Å². The number of carbonyl (C=O) groups excluding carboxylic acids is 1. The Balaban J connectivity index is 2.52. The summed E-state index contributed by atoms with van der Waals surface area (Å²) in [4.78, 5) is 11.5. The standard InChI is InChI=1S/C12H15N3O/c1-8-3-4-10-5-6-15(11(10)7-8)9(2)12(16)14-13/h3-7,9H,13H2,1-2H3,(H,14,16). The van der Waals surface area contributed by atoms with E-state index in [0.717, 1.165) is 10.9 Å². The third-order valence-corrected chi connectivity index (χ3v) is 2.82. The normalized spacial score (nSPS) is 12.7. The zero-order valence-electron chi connectivity index (χ0n) is 9.40. The first-order valence-corrected chi connectivity index (χ1v) is 5.21. The van der Waals surface area contributed by atoms with Crippen molar-refractivity contribution in [2.75, 3.05) is 0 Å². The van der Waals surface area contributed by atoms with Gasteiger partial charge in [0.25, 0.3) is 5.91 Å².